The summed E-state index contributed by atoms with van der Waals surface area (Å²) >= 11 is 0. The van der Waals surface area contributed by atoms with Crippen LogP contribution in [-0.4, -0.2) is 30.1 Å². The van der Waals surface area contributed by atoms with E-state index in [1.807, 2.05) is 6.07 Å². The molecular formula is C20H19N3O7. The van der Waals surface area contributed by atoms with Crippen LogP contribution in [0.2, 0.25) is 0 Å². The predicted octanol–water partition coefficient (Wildman–Crippen LogP) is 2.34. The van der Waals surface area contributed by atoms with Gasteiger partial charge in [0.2, 0.25) is 5.88 Å². The highest BCUT2D eigenvalue weighted by Crippen LogP contribution is 2.39. The number of nitro benzene ring substituents is 1. The topological polar surface area (TPSA) is 155 Å². The zero-order valence-electron chi connectivity index (χ0n) is 16.3. The Morgan fingerprint density at radius 2 is 1.90 bits per heavy atom. The largest absolute Gasteiger partial charge is 0.459 e. The third-order valence-corrected chi connectivity index (χ3v) is 4.16. The summed E-state index contributed by atoms with van der Waals surface area (Å²) in [5.74, 6) is -2.41. The average Bonchev–Trinajstić information content (AvgIpc) is 2.70. The maximum Gasteiger partial charge on any atom is 0.338 e. The van der Waals surface area contributed by atoms with E-state index in [0.29, 0.717) is 5.56 Å². The van der Waals surface area contributed by atoms with Crippen molar-refractivity contribution in [3.8, 4) is 6.07 Å². The number of nitrogens with two attached hydrogens (primary N) is 1. The Balaban J connectivity index is 2.28. The molecule has 0 spiro atoms. The SMILES string of the molecule is C=C(C)C(=O)OCCOC(=O)C1=C(C)OC(N)=C(C#N)C1c1ccc([N+](=O)[O-])cc1. The molecule has 0 radical (unpaired) electrons. The number of benzene rings is 1. The Hall–Kier alpha value is -4.13. The minimum atomic E-state index is -0.935. The molecule has 0 aliphatic carbocycles. The molecule has 0 amide bonds. The van der Waals surface area contributed by atoms with Crippen LogP contribution < -0.4 is 5.73 Å². The second-order valence-corrected chi connectivity index (χ2v) is 6.30. The van der Waals surface area contributed by atoms with E-state index in [4.69, 9.17) is 19.9 Å². The van der Waals surface area contributed by atoms with Gasteiger partial charge in [-0.15, -0.1) is 0 Å². The van der Waals surface area contributed by atoms with Gasteiger partial charge in [0, 0.05) is 17.7 Å². The van der Waals surface area contributed by atoms with Gasteiger partial charge < -0.3 is 19.9 Å². The molecule has 0 bridgehead atoms. The molecule has 1 unspecified atom stereocenters. The van der Waals surface area contributed by atoms with Gasteiger partial charge in [-0.05, 0) is 19.4 Å². The summed E-state index contributed by atoms with van der Waals surface area (Å²) in [5, 5.41) is 20.4. The van der Waals surface area contributed by atoms with Gasteiger partial charge in [-0.2, -0.15) is 5.26 Å². The molecule has 0 saturated carbocycles. The van der Waals surface area contributed by atoms with E-state index in [1.54, 1.807) is 0 Å². The Bertz CT molecular complexity index is 1000. The molecular weight excluding hydrogens is 394 g/mol. The van der Waals surface area contributed by atoms with Gasteiger partial charge in [-0.1, -0.05) is 18.7 Å². The van der Waals surface area contributed by atoms with Gasteiger partial charge in [-0.3, -0.25) is 10.1 Å². The number of carbonyl (C=O) groups is 2. The Kier molecular flexibility index (Phi) is 6.93. The molecule has 1 atom stereocenters. The second kappa shape index (κ2) is 9.38. The number of esters is 2. The standard InChI is InChI=1S/C20H19N3O7/c1-11(2)19(24)28-8-9-29-20(25)16-12(3)30-18(22)15(10-21)17(16)13-4-6-14(7-5-13)23(26)27/h4-7,17H,1,8-9,22H2,2-3H3. The average molecular weight is 413 g/mol. The maximum absolute atomic E-state index is 12.7. The lowest BCUT2D eigenvalue weighted by atomic mass is 9.83. The van der Waals surface area contributed by atoms with Gasteiger partial charge >= 0.3 is 11.9 Å². The fourth-order valence-electron chi connectivity index (χ4n) is 2.74. The van der Waals surface area contributed by atoms with Gasteiger partial charge in [0.15, 0.2) is 0 Å². The molecule has 2 rings (SSSR count). The van der Waals surface area contributed by atoms with Crippen LogP contribution in [0.1, 0.15) is 25.3 Å². The van der Waals surface area contributed by atoms with E-state index in [-0.39, 0.29) is 47.3 Å². The van der Waals surface area contributed by atoms with Crippen molar-refractivity contribution >= 4 is 17.6 Å². The molecule has 1 aromatic rings. The summed E-state index contributed by atoms with van der Waals surface area (Å²) in [6, 6.07) is 7.27. The van der Waals surface area contributed by atoms with E-state index in [2.05, 4.69) is 6.58 Å². The molecule has 30 heavy (non-hydrogen) atoms. The normalized spacial score (nSPS) is 15.7. The Morgan fingerprint density at radius 1 is 1.30 bits per heavy atom. The van der Waals surface area contributed by atoms with Gasteiger partial charge in [-0.25, -0.2) is 9.59 Å². The van der Waals surface area contributed by atoms with Crippen molar-refractivity contribution in [3.63, 3.8) is 0 Å². The molecule has 156 valence electrons. The lowest BCUT2D eigenvalue weighted by molar-refractivity contribution is -0.384. The summed E-state index contributed by atoms with van der Waals surface area (Å²) in [6.45, 7) is 5.99. The number of allylic oxidation sites excluding steroid dienone is 2. The lowest BCUT2D eigenvalue weighted by Gasteiger charge is -2.26. The third-order valence-electron chi connectivity index (χ3n) is 4.16. The molecule has 2 N–H and O–H groups in total. The van der Waals surface area contributed by atoms with Crippen LogP contribution in [0.15, 0.2) is 59.2 Å². The molecule has 1 aliphatic rings. The summed E-state index contributed by atoms with van der Waals surface area (Å²) < 4.78 is 15.3. The van der Waals surface area contributed by atoms with E-state index >= 15 is 0 Å². The van der Waals surface area contributed by atoms with E-state index in [9.17, 15) is 25.0 Å². The van der Waals surface area contributed by atoms with Crippen LogP contribution in [0.3, 0.4) is 0 Å². The highest BCUT2D eigenvalue weighted by Gasteiger charge is 2.36. The van der Waals surface area contributed by atoms with Gasteiger partial charge in [0.1, 0.15) is 30.6 Å². The zero-order valence-corrected chi connectivity index (χ0v) is 16.3. The van der Waals surface area contributed by atoms with E-state index in [1.165, 1.54) is 38.1 Å². The van der Waals surface area contributed by atoms with E-state index < -0.39 is 22.8 Å². The fourth-order valence-corrected chi connectivity index (χ4v) is 2.74. The van der Waals surface area contributed by atoms with Crippen molar-refractivity contribution in [3.05, 3.63) is 74.9 Å². The summed E-state index contributed by atoms with van der Waals surface area (Å²) in [5.41, 5.74) is 6.27. The summed E-state index contributed by atoms with van der Waals surface area (Å²) in [6.07, 6.45) is 0. The third kappa shape index (κ3) is 4.82. The number of nitro groups is 1. The minimum Gasteiger partial charge on any atom is -0.459 e. The number of carbonyl (C=O) groups excluding carboxylic acids is 2. The Morgan fingerprint density at radius 3 is 2.43 bits per heavy atom. The van der Waals surface area contributed by atoms with E-state index in [0.717, 1.165) is 0 Å². The number of hydrogen-bond acceptors (Lipinski definition) is 9. The predicted molar refractivity (Wildman–Crippen MR) is 103 cm³/mol. The number of hydrogen-bond donors (Lipinski definition) is 1. The van der Waals surface area contributed by atoms with Gasteiger partial charge in [0.25, 0.3) is 5.69 Å². The lowest BCUT2D eigenvalue weighted by Crippen LogP contribution is -2.26. The molecule has 1 aliphatic heterocycles. The number of nitriles is 1. The first-order chi connectivity index (χ1) is 14.2. The Labute approximate surface area is 172 Å². The molecule has 1 aromatic carbocycles. The molecule has 10 nitrogen and oxygen atoms in total. The monoisotopic (exact) mass is 413 g/mol. The quantitative estimate of drug-likeness (QED) is 0.233. The van der Waals surface area contributed by atoms with Crippen molar-refractivity contribution in [2.45, 2.75) is 19.8 Å². The number of non-ortho nitro benzene ring substituents is 1. The molecule has 0 fully saturated rings. The van der Waals surface area contributed by atoms with Crippen LogP contribution >= 0.6 is 0 Å². The number of ether oxygens (including phenoxy) is 3. The zero-order chi connectivity index (χ0) is 22.4. The second-order valence-electron chi connectivity index (χ2n) is 6.30. The summed E-state index contributed by atoms with van der Waals surface area (Å²) in [7, 11) is 0. The first kappa shape index (κ1) is 22.2. The molecule has 1 heterocycles. The first-order valence-electron chi connectivity index (χ1n) is 8.69. The van der Waals surface area contributed by atoms with Crippen molar-refractivity contribution in [1.29, 1.82) is 5.26 Å². The highest BCUT2D eigenvalue weighted by molar-refractivity contribution is 5.92. The molecule has 0 saturated heterocycles. The highest BCUT2D eigenvalue weighted by atomic mass is 16.6. The van der Waals surface area contributed by atoms with Crippen molar-refractivity contribution in [2.75, 3.05) is 13.2 Å². The molecule has 0 aromatic heterocycles. The van der Waals surface area contributed by atoms with Crippen molar-refractivity contribution < 1.29 is 28.7 Å². The van der Waals surface area contributed by atoms with Gasteiger partial charge in [0.05, 0.1) is 16.4 Å². The number of nitrogens with zero attached hydrogens (tertiary/aromatic N) is 2. The molecule has 10 heteroatoms. The first-order valence-corrected chi connectivity index (χ1v) is 8.69. The van der Waals surface area contributed by atoms with Crippen molar-refractivity contribution in [1.82, 2.24) is 0 Å². The van der Waals surface area contributed by atoms with Crippen LogP contribution in [-0.2, 0) is 23.8 Å². The fraction of sp³-hybridized carbons (Fsp3) is 0.250. The summed E-state index contributed by atoms with van der Waals surface area (Å²) in [4.78, 5) is 34.4. The van der Waals surface area contributed by atoms with Crippen LogP contribution in [0, 0.1) is 21.4 Å². The minimum absolute atomic E-state index is 0.0147. The van der Waals surface area contributed by atoms with Crippen LogP contribution in [0.25, 0.3) is 0 Å². The van der Waals surface area contributed by atoms with Crippen molar-refractivity contribution in [2.24, 2.45) is 5.73 Å². The van der Waals surface area contributed by atoms with Crippen LogP contribution in [0.4, 0.5) is 5.69 Å². The smallest absolute Gasteiger partial charge is 0.338 e. The van der Waals surface area contributed by atoms with Crippen LogP contribution in [0.5, 0.6) is 0 Å². The maximum atomic E-state index is 12.7. The number of rotatable bonds is 7.